The van der Waals surface area contributed by atoms with Crippen LogP contribution in [0.2, 0.25) is 0 Å². The fourth-order valence-electron chi connectivity index (χ4n) is 3.05. The fourth-order valence-corrected chi connectivity index (χ4v) is 3.05. The van der Waals surface area contributed by atoms with E-state index < -0.39 is 0 Å². The van der Waals surface area contributed by atoms with Crippen LogP contribution in [0.5, 0.6) is 0 Å². The molecule has 6 nitrogen and oxygen atoms in total. The van der Waals surface area contributed by atoms with E-state index in [4.69, 9.17) is 4.74 Å². The van der Waals surface area contributed by atoms with Crippen LogP contribution < -0.4 is 10.9 Å². The number of urea groups is 1. The van der Waals surface area contributed by atoms with Crippen molar-refractivity contribution in [1.82, 2.24) is 14.8 Å². The number of rotatable bonds is 6. The van der Waals surface area contributed by atoms with Crippen LogP contribution in [0.4, 0.5) is 4.79 Å². The zero-order valence-electron chi connectivity index (χ0n) is 15.0. The first-order chi connectivity index (χ1) is 11.5. The van der Waals surface area contributed by atoms with E-state index in [1.54, 1.807) is 16.7 Å². The van der Waals surface area contributed by atoms with Crippen molar-refractivity contribution in [2.45, 2.75) is 58.8 Å². The van der Waals surface area contributed by atoms with E-state index in [0.29, 0.717) is 26.2 Å². The van der Waals surface area contributed by atoms with Gasteiger partial charge in [-0.2, -0.15) is 0 Å². The molecule has 0 radical (unpaired) electrons. The lowest BCUT2D eigenvalue weighted by Gasteiger charge is -2.36. The summed E-state index contributed by atoms with van der Waals surface area (Å²) in [5.41, 5.74) is 1.01. The second-order valence-corrected chi connectivity index (χ2v) is 6.48. The Hall–Kier alpha value is -1.82. The third-order valence-electron chi connectivity index (χ3n) is 4.42. The predicted molar refractivity (Wildman–Crippen MR) is 94.3 cm³/mol. The summed E-state index contributed by atoms with van der Waals surface area (Å²) in [6, 6.07) is 5.28. The Labute approximate surface area is 143 Å². The van der Waals surface area contributed by atoms with Crippen LogP contribution in [0.3, 0.4) is 0 Å². The van der Waals surface area contributed by atoms with Crippen molar-refractivity contribution in [2.24, 2.45) is 0 Å². The molecular formula is C18H29N3O3. The number of carbonyl (C=O) groups excluding carboxylic acids is 1. The number of carbonyl (C=O) groups is 1. The van der Waals surface area contributed by atoms with Gasteiger partial charge in [-0.05, 0) is 39.2 Å². The molecule has 0 saturated carbocycles. The molecule has 2 heterocycles. The molecule has 24 heavy (non-hydrogen) atoms. The Bertz CT molecular complexity index is 599. The number of nitrogens with one attached hydrogen (secondary N) is 1. The van der Waals surface area contributed by atoms with Gasteiger partial charge in [-0.1, -0.05) is 13.0 Å². The smallest absolute Gasteiger partial charge is 0.317 e. The average molecular weight is 335 g/mol. The number of unbranched alkanes of at least 4 members (excludes halogenated alkanes) is 1. The van der Waals surface area contributed by atoms with Gasteiger partial charge in [-0.15, -0.1) is 0 Å². The second-order valence-electron chi connectivity index (χ2n) is 6.48. The molecule has 2 amide bonds. The fraction of sp³-hybridized carbons (Fsp3) is 0.667. The number of hydrogen-bond acceptors (Lipinski definition) is 3. The molecule has 1 saturated heterocycles. The predicted octanol–water partition coefficient (Wildman–Crippen LogP) is 2.15. The summed E-state index contributed by atoms with van der Waals surface area (Å²) in [7, 11) is 0. The van der Waals surface area contributed by atoms with Crippen molar-refractivity contribution < 1.29 is 9.53 Å². The minimum absolute atomic E-state index is 0.0170. The van der Waals surface area contributed by atoms with Gasteiger partial charge in [-0.25, -0.2) is 4.79 Å². The number of aryl methyl sites for hydroxylation is 1. The Morgan fingerprint density at radius 2 is 2.12 bits per heavy atom. The van der Waals surface area contributed by atoms with Crippen molar-refractivity contribution in [3.63, 3.8) is 0 Å². The highest BCUT2D eigenvalue weighted by Gasteiger charge is 2.26. The zero-order valence-corrected chi connectivity index (χ0v) is 15.0. The van der Waals surface area contributed by atoms with E-state index in [0.717, 1.165) is 25.0 Å². The number of nitrogens with zero attached hydrogens (tertiary/aromatic N) is 2. The maximum absolute atomic E-state index is 12.3. The normalized spacial score (nSPS) is 20.9. The van der Waals surface area contributed by atoms with Crippen molar-refractivity contribution in [3.05, 3.63) is 34.2 Å². The van der Waals surface area contributed by atoms with Gasteiger partial charge in [0.05, 0.1) is 12.2 Å². The van der Waals surface area contributed by atoms with Gasteiger partial charge in [0, 0.05) is 37.9 Å². The van der Waals surface area contributed by atoms with Crippen LogP contribution in [-0.2, 0) is 11.3 Å². The lowest BCUT2D eigenvalue weighted by atomic mass is 10.2. The van der Waals surface area contributed by atoms with Crippen LogP contribution >= 0.6 is 0 Å². The van der Waals surface area contributed by atoms with Crippen molar-refractivity contribution >= 4 is 6.03 Å². The molecule has 0 aromatic carbocycles. The highest BCUT2D eigenvalue weighted by atomic mass is 16.5. The summed E-state index contributed by atoms with van der Waals surface area (Å²) in [5, 5.41) is 2.98. The molecule has 1 fully saturated rings. The van der Waals surface area contributed by atoms with E-state index in [1.807, 2.05) is 24.8 Å². The number of amides is 2. The van der Waals surface area contributed by atoms with E-state index in [1.165, 1.54) is 0 Å². The molecule has 1 aromatic heterocycles. The van der Waals surface area contributed by atoms with Gasteiger partial charge in [0.1, 0.15) is 0 Å². The summed E-state index contributed by atoms with van der Waals surface area (Å²) in [6.07, 6.45) is 2.85. The van der Waals surface area contributed by atoms with Gasteiger partial charge in [-0.3, -0.25) is 4.79 Å². The average Bonchev–Trinajstić information content (AvgIpc) is 2.56. The molecule has 2 rings (SSSR count). The lowest BCUT2D eigenvalue weighted by molar-refractivity contribution is -0.0646. The standard InChI is InChI=1S/C18H29N3O3/c1-4-16-13-20(12-15(3)24-16)18(23)19-10-5-6-11-21-14(2)8-7-9-17(21)22/h7-9,15-16H,4-6,10-13H2,1-3H3,(H,19,23). The number of aromatic nitrogens is 1. The number of pyridine rings is 1. The molecule has 1 aromatic rings. The summed E-state index contributed by atoms with van der Waals surface area (Å²) < 4.78 is 7.55. The van der Waals surface area contributed by atoms with E-state index >= 15 is 0 Å². The van der Waals surface area contributed by atoms with Crippen molar-refractivity contribution in [3.8, 4) is 0 Å². The van der Waals surface area contributed by atoms with Crippen LogP contribution in [0.25, 0.3) is 0 Å². The quantitative estimate of drug-likeness (QED) is 0.810. The van der Waals surface area contributed by atoms with Crippen LogP contribution in [0.1, 0.15) is 38.8 Å². The van der Waals surface area contributed by atoms with Gasteiger partial charge < -0.3 is 19.5 Å². The Morgan fingerprint density at radius 1 is 1.33 bits per heavy atom. The van der Waals surface area contributed by atoms with E-state index in [9.17, 15) is 9.59 Å². The summed E-state index contributed by atoms with van der Waals surface area (Å²) in [6.45, 7) is 8.63. The highest BCUT2D eigenvalue weighted by molar-refractivity contribution is 5.74. The van der Waals surface area contributed by atoms with Crippen molar-refractivity contribution in [1.29, 1.82) is 0 Å². The van der Waals surface area contributed by atoms with Crippen LogP contribution in [0, 0.1) is 6.92 Å². The molecule has 2 atom stereocenters. The van der Waals surface area contributed by atoms with Gasteiger partial charge in [0.2, 0.25) is 0 Å². The molecule has 0 aliphatic carbocycles. The monoisotopic (exact) mass is 335 g/mol. The first kappa shape index (κ1) is 18.5. The molecule has 134 valence electrons. The van der Waals surface area contributed by atoms with Gasteiger partial charge >= 0.3 is 6.03 Å². The molecule has 6 heteroatoms. The molecule has 0 bridgehead atoms. The lowest BCUT2D eigenvalue weighted by Crippen LogP contribution is -2.52. The number of ether oxygens (including phenoxy) is 1. The first-order valence-corrected chi connectivity index (χ1v) is 8.86. The topological polar surface area (TPSA) is 63.6 Å². The minimum atomic E-state index is -0.0170. The summed E-state index contributed by atoms with van der Waals surface area (Å²) in [5.74, 6) is 0. The van der Waals surface area contributed by atoms with Crippen LogP contribution in [0.15, 0.2) is 23.0 Å². The van der Waals surface area contributed by atoms with Gasteiger partial charge in [0.15, 0.2) is 0 Å². The molecule has 1 aliphatic rings. The SMILES string of the molecule is CCC1CN(C(=O)NCCCCn2c(C)cccc2=O)CC(C)O1. The Morgan fingerprint density at radius 3 is 2.83 bits per heavy atom. The third kappa shape index (κ3) is 5.09. The summed E-state index contributed by atoms with van der Waals surface area (Å²) in [4.78, 5) is 25.9. The molecule has 1 N–H and O–H groups in total. The minimum Gasteiger partial charge on any atom is -0.372 e. The van der Waals surface area contributed by atoms with E-state index in [2.05, 4.69) is 12.2 Å². The number of morpholine rings is 1. The molecule has 0 spiro atoms. The second kappa shape index (κ2) is 8.87. The number of hydrogen-bond donors (Lipinski definition) is 1. The summed E-state index contributed by atoms with van der Waals surface area (Å²) >= 11 is 0. The maximum atomic E-state index is 12.3. The van der Waals surface area contributed by atoms with E-state index in [-0.39, 0.29) is 23.8 Å². The largest absolute Gasteiger partial charge is 0.372 e. The maximum Gasteiger partial charge on any atom is 0.317 e. The first-order valence-electron chi connectivity index (χ1n) is 8.86. The Kier molecular flexibility index (Phi) is 6.85. The van der Waals surface area contributed by atoms with Gasteiger partial charge in [0.25, 0.3) is 5.56 Å². The molecule has 2 unspecified atom stereocenters. The highest BCUT2D eigenvalue weighted by Crippen LogP contribution is 2.13. The third-order valence-corrected chi connectivity index (χ3v) is 4.42. The molecule has 1 aliphatic heterocycles. The molecular weight excluding hydrogens is 306 g/mol. The van der Waals surface area contributed by atoms with Crippen LogP contribution in [-0.4, -0.2) is 47.3 Å². The Balaban J connectivity index is 1.70. The van der Waals surface area contributed by atoms with Crippen molar-refractivity contribution in [2.75, 3.05) is 19.6 Å². The zero-order chi connectivity index (χ0) is 17.5.